The lowest BCUT2D eigenvalue weighted by Gasteiger charge is -2.02. The van der Waals surface area contributed by atoms with Gasteiger partial charge in [-0.3, -0.25) is 4.79 Å². The van der Waals surface area contributed by atoms with Crippen LogP contribution in [0.5, 0.6) is 0 Å². The highest BCUT2D eigenvalue weighted by molar-refractivity contribution is 9.10. The number of aromatic amines is 1. The van der Waals surface area contributed by atoms with Crippen LogP contribution in [-0.4, -0.2) is 24.4 Å². The number of aromatic nitrogens is 1. The van der Waals surface area contributed by atoms with Crippen molar-refractivity contribution in [2.45, 2.75) is 0 Å². The molecule has 0 atom stereocenters. The Balaban J connectivity index is 2.59. The number of nitrogens with one attached hydrogen (secondary N) is 2. The van der Waals surface area contributed by atoms with E-state index in [0.29, 0.717) is 6.54 Å². The average molecular weight is 267 g/mol. The number of hydrogen-bond acceptors (Lipinski definition) is 2. The van der Waals surface area contributed by atoms with Crippen LogP contribution in [0.2, 0.25) is 0 Å². The molecule has 2 N–H and O–H groups in total. The molecule has 0 fully saturated rings. The van der Waals surface area contributed by atoms with E-state index >= 15 is 0 Å². The number of halogens is 1. The molecule has 1 heterocycles. The van der Waals surface area contributed by atoms with Gasteiger partial charge in [-0.15, -0.1) is 0 Å². The van der Waals surface area contributed by atoms with Crippen LogP contribution in [-0.2, 0) is 0 Å². The Kier molecular flexibility index (Phi) is 2.88. The smallest absolute Gasteiger partial charge is 0.177 e. The van der Waals surface area contributed by atoms with Crippen molar-refractivity contribution >= 4 is 32.6 Å². The van der Waals surface area contributed by atoms with E-state index in [1.807, 2.05) is 24.4 Å². The highest BCUT2D eigenvalue weighted by Gasteiger charge is 2.12. The number of fused-ring (bicyclic) bond motifs is 1. The predicted molar refractivity (Wildman–Crippen MR) is 64.3 cm³/mol. The summed E-state index contributed by atoms with van der Waals surface area (Å²) < 4.78 is 0.928. The fraction of sp³-hybridized carbons (Fsp3) is 0.182. The summed E-state index contributed by atoms with van der Waals surface area (Å²) in [4.78, 5) is 14.9. The third-order valence-electron chi connectivity index (χ3n) is 2.30. The summed E-state index contributed by atoms with van der Waals surface area (Å²) in [5.74, 6) is 0.100. The number of rotatable bonds is 3. The zero-order chi connectivity index (χ0) is 10.8. The summed E-state index contributed by atoms with van der Waals surface area (Å²) in [6, 6.07) is 5.69. The molecule has 78 valence electrons. The monoisotopic (exact) mass is 266 g/mol. The largest absolute Gasteiger partial charge is 0.360 e. The standard InChI is InChI=1S/C11H11BrN2O/c1-13-6-10(15)7-3-2-4-9-11(7)8(12)5-14-9/h2-5,13-14H,6H2,1H3. The lowest BCUT2D eigenvalue weighted by molar-refractivity contribution is 0.0995. The predicted octanol–water partition coefficient (Wildman–Crippen LogP) is 2.33. The molecule has 1 aromatic heterocycles. The van der Waals surface area contributed by atoms with Gasteiger partial charge in [-0.2, -0.15) is 0 Å². The molecule has 0 radical (unpaired) electrons. The van der Waals surface area contributed by atoms with E-state index in [-0.39, 0.29) is 5.78 Å². The zero-order valence-electron chi connectivity index (χ0n) is 8.30. The first-order valence-corrected chi connectivity index (χ1v) is 5.46. The van der Waals surface area contributed by atoms with Crippen LogP contribution in [0.3, 0.4) is 0 Å². The van der Waals surface area contributed by atoms with Crippen LogP contribution in [0, 0.1) is 0 Å². The maximum atomic E-state index is 11.8. The molecule has 2 rings (SSSR count). The number of ketones is 1. The van der Waals surface area contributed by atoms with Crippen molar-refractivity contribution in [3.63, 3.8) is 0 Å². The van der Waals surface area contributed by atoms with Gasteiger partial charge < -0.3 is 10.3 Å². The molecule has 15 heavy (non-hydrogen) atoms. The van der Waals surface area contributed by atoms with Gasteiger partial charge in [-0.1, -0.05) is 12.1 Å². The van der Waals surface area contributed by atoms with Crippen LogP contribution in [0.15, 0.2) is 28.9 Å². The van der Waals surface area contributed by atoms with E-state index in [2.05, 4.69) is 26.2 Å². The molecule has 2 aromatic rings. The Morgan fingerprint density at radius 2 is 2.33 bits per heavy atom. The molecule has 0 spiro atoms. The van der Waals surface area contributed by atoms with Crippen molar-refractivity contribution in [3.05, 3.63) is 34.4 Å². The molecule has 0 aliphatic carbocycles. The highest BCUT2D eigenvalue weighted by atomic mass is 79.9. The van der Waals surface area contributed by atoms with Gasteiger partial charge in [0.15, 0.2) is 5.78 Å². The molecule has 0 saturated carbocycles. The summed E-state index contributed by atoms with van der Waals surface area (Å²) in [6.07, 6.45) is 1.85. The molecule has 0 aliphatic rings. The van der Waals surface area contributed by atoms with Crippen molar-refractivity contribution < 1.29 is 4.79 Å². The first kappa shape index (κ1) is 10.4. The zero-order valence-corrected chi connectivity index (χ0v) is 9.89. The van der Waals surface area contributed by atoms with E-state index in [1.165, 1.54) is 0 Å². The van der Waals surface area contributed by atoms with Gasteiger partial charge in [-0.05, 0) is 29.0 Å². The molecule has 0 bridgehead atoms. The highest BCUT2D eigenvalue weighted by Crippen LogP contribution is 2.27. The minimum absolute atomic E-state index is 0.100. The number of H-pyrrole nitrogens is 1. The third kappa shape index (κ3) is 1.82. The van der Waals surface area contributed by atoms with E-state index in [9.17, 15) is 4.79 Å². The van der Waals surface area contributed by atoms with E-state index in [4.69, 9.17) is 0 Å². The molecule has 3 nitrogen and oxygen atoms in total. The van der Waals surface area contributed by atoms with E-state index < -0.39 is 0 Å². The van der Waals surface area contributed by atoms with Gasteiger partial charge in [0.1, 0.15) is 0 Å². The Bertz CT molecular complexity index is 504. The maximum Gasteiger partial charge on any atom is 0.177 e. The maximum absolute atomic E-state index is 11.8. The Morgan fingerprint density at radius 1 is 1.53 bits per heavy atom. The van der Waals surface area contributed by atoms with Crippen molar-refractivity contribution in [2.75, 3.05) is 13.6 Å². The van der Waals surface area contributed by atoms with Crippen molar-refractivity contribution in [1.29, 1.82) is 0 Å². The lowest BCUT2D eigenvalue weighted by Crippen LogP contribution is -2.18. The fourth-order valence-electron chi connectivity index (χ4n) is 1.63. The summed E-state index contributed by atoms with van der Waals surface area (Å²) in [7, 11) is 1.77. The molecular formula is C11H11BrN2O. The molecule has 0 amide bonds. The molecule has 0 saturated heterocycles. The molecule has 0 aliphatic heterocycles. The average Bonchev–Trinajstić information content (AvgIpc) is 2.61. The van der Waals surface area contributed by atoms with Crippen LogP contribution in [0.25, 0.3) is 10.9 Å². The summed E-state index contributed by atoms with van der Waals surface area (Å²) in [6.45, 7) is 0.358. The molecule has 1 aromatic carbocycles. The van der Waals surface area contributed by atoms with Crippen molar-refractivity contribution in [1.82, 2.24) is 10.3 Å². The van der Waals surface area contributed by atoms with E-state index in [1.54, 1.807) is 7.05 Å². The number of carbonyl (C=O) groups is 1. The van der Waals surface area contributed by atoms with Crippen molar-refractivity contribution in [2.24, 2.45) is 0 Å². The molecular weight excluding hydrogens is 256 g/mol. The lowest BCUT2D eigenvalue weighted by atomic mass is 10.1. The van der Waals surface area contributed by atoms with Gasteiger partial charge in [0, 0.05) is 27.1 Å². The second-order valence-electron chi connectivity index (χ2n) is 3.32. The second kappa shape index (κ2) is 4.16. The minimum atomic E-state index is 0.100. The summed E-state index contributed by atoms with van der Waals surface area (Å²) in [5.41, 5.74) is 1.72. The third-order valence-corrected chi connectivity index (χ3v) is 2.92. The van der Waals surface area contributed by atoms with Crippen molar-refractivity contribution in [3.8, 4) is 0 Å². The van der Waals surface area contributed by atoms with Gasteiger partial charge >= 0.3 is 0 Å². The van der Waals surface area contributed by atoms with Crippen LogP contribution < -0.4 is 5.32 Å². The first-order chi connectivity index (χ1) is 7.24. The quantitative estimate of drug-likeness (QED) is 0.838. The first-order valence-electron chi connectivity index (χ1n) is 4.67. The number of benzene rings is 1. The van der Waals surface area contributed by atoms with Crippen LogP contribution in [0.4, 0.5) is 0 Å². The normalized spacial score (nSPS) is 10.8. The topological polar surface area (TPSA) is 44.9 Å². The Labute approximate surface area is 96.0 Å². The number of likely N-dealkylation sites (N-methyl/N-ethyl adjacent to an activating group) is 1. The minimum Gasteiger partial charge on any atom is -0.360 e. The van der Waals surface area contributed by atoms with Gasteiger partial charge in [0.2, 0.25) is 0 Å². The Morgan fingerprint density at radius 3 is 3.07 bits per heavy atom. The second-order valence-corrected chi connectivity index (χ2v) is 4.17. The number of hydrogen-bond donors (Lipinski definition) is 2. The summed E-state index contributed by atoms with van der Waals surface area (Å²) >= 11 is 3.43. The summed E-state index contributed by atoms with van der Waals surface area (Å²) in [5, 5.41) is 3.82. The number of Topliss-reactive ketones (excluding diaryl/α,β-unsaturated/α-hetero) is 1. The Hall–Kier alpha value is -1.13. The van der Waals surface area contributed by atoms with Crippen LogP contribution >= 0.6 is 15.9 Å². The van der Waals surface area contributed by atoms with Gasteiger partial charge in [0.05, 0.1) is 6.54 Å². The SMILES string of the molecule is CNCC(=O)c1cccc2[nH]cc(Br)c12. The van der Waals surface area contributed by atoms with Gasteiger partial charge in [-0.25, -0.2) is 0 Å². The van der Waals surface area contributed by atoms with Crippen LogP contribution in [0.1, 0.15) is 10.4 Å². The van der Waals surface area contributed by atoms with Gasteiger partial charge in [0.25, 0.3) is 0 Å². The molecule has 0 unspecified atom stereocenters. The molecule has 4 heteroatoms. The fourth-order valence-corrected chi connectivity index (χ4v) is 2.17. The number of carbonyl (C=O) groups excluding carboxylic acids is 1. The van der Waals surface area contributed by atoms with E-state index in [0.717, 1.165) is 20.9 Å².